The predicted molar refractivity (Wildman–Crippen MR) is 76.3 cm³/mol. The molecule has 0 aliphatic rings. The Morgan fingerprint density at radius 3 is 3.10 bits per heavy atom. The molecule has 0 radical (unpaired) electrons. The van der Waals surface area contributed by atoms with Crippen molar-refractivity contribution in [2.75, 3.05) is 26.4 Å². The van der Waals surface area contributed by atoms with Crippen LogP contribution < -0.4 is 5.32 Å². The van der Waals surface area contributed by atoms with E-state index < -0.39 is 0 Å². The minimum atomic E-state index is -0.261. The van der Waals surface area contributed by atoms with E-state index in [1.54, 1.807) is 18.3 Å². The SMILES string of the molecule is CCCOCCCNC(=O)c1ncccc1C#CCO. The van der Waals surface area contributed by atoms with Gasteiger partial charge in [-0.25, -0.2) is 4.98 Å². The molecule has 108 valence electrons. The summed E-state index contributed by atoms with van der Waals surface area (Å²) in [6.07, 6.45) is 3.30. The Labute approximate surface area is 119 Å². The van der Waals surface area contributed by atoms with Crippen LogP contribution in [-0.2, 0) is 4.74 Å². The van der Waals surface area contributed by atoms with Gasteiger partial charge in [-0.2, -0.15) is 0 Å². The average molecular weight is 276 g/mol. The quantitative estimate of drug-likeness (QED) is 0.575. The second-order valence-corrected chi connectivity index (χ2v) is 4.08. The van der Waals surface area contributed by atoms with Crippen LogP contribution in [0.3, 0.4) is 0 Å². The lowest BCUT2D eigenvalue weighted by atomic mass is 10.2. The van der Waals surface area contributed by atoms with E-state index in [4.69, 9.17) is 9.84 Å². The zero-order valence-electron chi connectivity index (χ0n) is 11.7. The van der Waals surface area contributed by atoms with Crippen LogP contribution >= 0.6 is 0 Å². The van der Waals surface area contributed by atoms with Crippen molar-refractivity contribution in [3.63, 3.8) is 0 Å². The zero-order valence-corrected chi connectivity index (χ0v) is 11.7. The molecule has 5 nitrogen and oxygen atoms in total. The lowest BCUT2D eigenvalue weighted by Gasteiger charge is -2.06. The monoisotopic (exact) mass is 276 g/mol. The molecule has 1 aromatic heterocycles. The van der Waals surface area contributed by atoms with Gasteiger partial charge in [0.1, 0.15) is 12.3 Å². The van der Waals surface area contributed by atoms with Crippen molar-refractivity contribution in [3.05, 3.63) is 29.6 Å². The maximum Gasteiger partial charge on any atom is 0.271 e. The van der Waals surface area contributed by atoms with E-state index in [-0.39, 0.29) is 18.2 Å². The van der Waals surface area contributed by atoms with E-state index in [9.17, 15) is 4.79 Å². The largest absolute Gasteiger partial charge is 0.384 e. The van der Waals surface area contributed by atoms with Gasteiger partial charge in [-0.1, -0.05) is 18.8 Å². The third kappa shape index (κ3) is 5.83. The van der Waals surface area contributed by atoms with Gasteiger partial charge in [0.25, 0.3) is 5.91 Å². The number of nitrogens with one attached hydrogen (secondary N) is 1. The summed E-state index contributed by atoms with van der Waals surface area (Å²) >= 11 is 0. The van der Waals surface area contributed by atoms with Crippen molar-refractivity contribution in [2.24, 2.45) is 0 Å². The molecule has 0 saturated carbocycles. The predicted octanol–water partition coefficient (Wildman–Crippen LogP) is 0.972. The van der Waals surface area contributed by atoms with Crippen LogP contribution in [0, 0.1) is 11.8 Å². The topological polar surface area (TPSA) is 71.5 Å². The van der Waals surface area contributed by atoms with Gasteiger partial charge in [-0.3, -0.25) is 4.79 Å². The summed E-state index contributed by atoms with van der Waals surface area (Å²) in [5, 5.41) is 11.5. The smallest absolute Gasteiger partial charge is 0.271 e. The molecule has 1 rings (SSSR count). The molecule has 0 unspecified atom stereocenters. The first-order valence-electron chi connectivity index (χ1n) is 6.70. The average Bonchev–Trinajstić information content (AvgIpc) is 2.48. The molecule has 1 amide bonds. The molecule has 2 N–H and O–H groups in total. The third-order valence-corrected chi connectivity index (χ3v) is 2.42. The number of ether oxygens (including phenoxy) is 1. The first-order valence-corrected chi connectivity index (χ1v) is 6.70. The van der Waals surface area contributed by atoms with Crippen molar-refractivity contribution >= 4 is 5.91 Å². The first kappa shape index (κ1) is 16.2. The minimum absolute atomic E-state index is 0.245. The molecule has 5 heteroatoms. The summed E-state index contributed by atoms with van der Waals surface area (Å²) in [4.78, 5) is 16.0. The van der Waals surface area contributed by atoms with E-state index in [2.05, 4.69) is 29.1 Å². The van der Waals surface area contributed by atoms with Gasteiger partial charge in [-0.15, -0.1) is 0 Å². The van der Waals surface area contributed by atoms with E-state index in [1.807, 2.05) is 0 Å². The number of nitrogens with zero attached hydrogens (tertiary/aromatic N) is 1. The second kappa shape index (κ2) is 9.96. The number of hydrogen-bond donors (Lipinski definition) is 2. The van der Waals surface area contributed by atoms with Gasteiger partial charge in [0, 0.05) is 26.0 Å². The van der Waals surface area contributed by atoms with Gasteiger partial charge >= 0.3 is 0 Å². The molecule has 0 aliphatic carbocycles. The number of rotatable bonds is 7. The van der Waals surface area contributed by atoms with Crippen LogP contribution in [0.1, 0.15) is 35.8 Å². The standard InChI is InChI=1S/C15H20N2O3/c1-2-11-20-12-5-9-17-15(19)14-13(7-4-10-18)6-3-8-16-14/h3,6,8,18H,2,5,9-12H2,1H3,(H,17,19). The molecule has 0 atom stereocenters. The van der Waals surface area contributed by atoms with Gasteiger partial charge in [-0.05, 0) is 25.0 Å². The number of pyridine rings is 1. The lowest BCUT2D eigenvalue weighted by molar-refractivity contribution is 0.0936. The highest BCUT2D eigenvalue weighted by Crippen LogP contribution is 2.03. The Balaban J connectivity index is 2.47. The zero-order chi connectivity index (χ0) is 14.6. The molecule has 0 spiro atoms. The number of amides is 1. The molecular weight excluding hydrogens is 256 g/mol. The Morgan fingerprint density at radius 2 is 2.35 bits per heavy atom. The Kier molecular flexibility index (Phi) is 8.04. The first-order chi connectivity index (χ1) is 9.79. The maximum absolute atomic E-state index is 12.0. The summed E-state index contributed by atoms with van der Waals surface area (Å²) < 4.78 is 5.33. The number of aromatic nitrogens is 1. The van der Waals surface area contributed by atoms with Crippen LogP contribution in [0.15, 0.2) is 18.3 Å². The fourth-order valence-corrected chi connectivity index (χ4v) is 1.53. The third-order valence-electron chi connectivity index (χ3n) is 2.42. The fourth-order valence-electron chi connectivity index (χ4n) is 1.53. The van der Waals surface area contributed by atoms with Crippen LogP contribution in [-0.4, -0.2) is 42.4 Å². The van der Waals surface area contributed by atoms with Crippen LogP contribution in [0.5, 0.6) is 0 Å². The molecule has 20 heavy (non-hydrogen) atoms. The van der Waals surface area contributed by atoms with E-state index >= 15 is 0 Å². The second-order valence-electron chi connectivity index (χ2n) is 4.08. The highest BCUT2D eigenvalue weighted by atomic mass is 16.5. The Bertz CT molecular complexity index is 477. The van der Waals surface area contributed by atoms with Crippen LogP contribution in [0.4, 0.5) is 0 Å². The number of carbonyl (C=O) groups excluding carboxylic acids is 1. The molecule has 1 heterocycles. The van der Waals surface area contributed by atoms with Crippen molar-refractivity contribution in [1.82, 2.24) is 10.3 Å². The van der Waals surface area contributed by atoms with Crippen molar-refractivity contribution in [1.29, 1.82) is 0 Å². The van der Waals surface area contributed by atoms with E-state index in [1.165, 1.54) is 0 Å². The number of aliphatic hydroxyl groups excluding tert-OH is 1. The highest BCUT2D eigenvalue weighted by Gasteiger charge is 2.10. The summed E-state index contributed by atoms with van der Waals surface area (Å²) in [6.45, 7) is 3.72. The normalized spacial score (nSPS) is 9.70. The fraction of sp³-hybridized carbons (Fsp3) is 0.467. The van der Waals surface area contributed by atoms with Gasteiger partial charge in [0.05, 0.1) is 5.56 Å². The molecule has 0 aromatic carbocycles. The highest BCUT2D eigenvalue weighted by molar-refractivity contribution is 5.94. The van der Waals surface area contributed by atoms with Gasteiger partial charge in [0.15, 0.2) is 0 Å². The molecule has 0 saturated heterocycles. The maximum atomic E-state index is 12.0. The Hall–Kier alpha value is -1.90. The summed E-state index contributed by atoms with van der Waals surface area (Å²) in [6, 6.07) is 3.41. The van der Waals surface area contributed by atoms with E-state index in [0.717, 1.165) is 19.4 Å². The van der Waals surface area contributed by atoms with Crippen LogP contribution in [0.25, 0.3) is 0 Å². The van der Waals surface area contributed by atoms with Crippen LogP contribution in [0.2, 0.25) is 0 Å². The number of aliphatic hydroxyl groups is 1. The molecule has 0 aliphatic heterocycles. The number of carbonyl (C=O) groups is 1. The Morgan fingerprint density at radius 1 is 1.50 bits per heavy atom. The van der Waals surface area contributed by atoms with E-state index in [0.29, 0.717) is 18.7 Å². The van der Waals surface area contributed by atoms with Crippen molar-refractivity contribution in [3.8, 4) is 11.8 Å². The minimum Gasteiger partial charge on any atom is -0.384 e. The lowest BCUT2D eigenvalue weighted by Crippen LogP contribution is -2.27. The van der Waals surface area contributed by atoms with Gasteiger partial charge in [0.2, 0.25) is 0 Å². The molecule has 0 fully saturated rings. The molecular formula is C15H20N2O3. The molecule has 0 bridgehead atoms. The summed E-state index contributed by atoms with van der Waals surface area (Å²) in [7, 11) is 0. The summed E-state index contributed by atoms with van der Waals surface area (Å²) in [5.41, 5.74) is 0.796. The van der Waals surface area contributed by atoms with Crippen molar-refractivity contribution in [2.45, 2.75) is 19.8 Å². The van der Waals surface area contributed by atoms with Gasteiger partial charge < -0.3 is 15.2 Å². The summed E-state index contributed by atoms with van der Waals surface area (Å²) in [5.74, 6) is 4.97. The van der Waals surface area contributed by atoms with Crippen molar-refractivity contribution < 1.29 is 14.6 Å². The molecule has 1 aromatic rings. The number of hydrogen-bond acceptors (Lipinski definition) is 4.